The molecule has 0 nitrogen and oxygen atoms in total. The van der Waals surface area contributed by atoms with Gasteiger partial charge in [-0.2, -0.15) is 0 Å². The van der Waals surface area contributed by atoms with E-state index in [2.05, 4.69) is 69.3 Å². The monoisotopic (exact) mass is 252 g/mol. The lowest BCUT2D eigenvalue weighted by Crippen LogP contribution is -2.18. The van der Waals surface area contributed by atoms with Crippen LogP contribution < -0.4 is 0 Å². The first-order valence-electron chi connectivity index (χ1n) is 7.20. The third-order valence-electron chi connectivity index (χ3n) is 4.00. The Hall–Kier alpha value is -1.56. The van der Waals surface area contributed by atoms with Crippen molar-refractivity contribution in [1.29, 1.82) is 0 Å². The van der Waals surface area contributed by atoms with Gasteiger partial charge in [-0.1, -0.05) is 74.1 Å². The highest BCUT2D eigenvalue weighted by molar-refractivity contribution is 5.51. The Bertz CT molecular complexity index is 498. The molecule has 1 aromatic carbocycles. The van der Waals surface area contributed by atoms with E-state index in [9.17, 15) is 0 Å². The molecular formula is C19H24. The molecule has 2 rings (SSSR count). The summed E-state index contributed by atoms with van der Waals surface area (Å²) in [6.45, 7) is 6.99. The molecule has 0 spiro atoms. The Balaban J connectivity index is 2.08. The van der Waals surface area contributed by atoms with Crippen LogP contribution in [0.3, 0.4) is 0 Å². The zero-order chi connectivity index (χ0) is 13.7. The van der Waals surface area contributed by atoms with Gasteiger partial charge in [-0.15, -0.1) is 0 Å². The van der Waals surface area contributed by atoms with Gasteiger partial charge in [-0.05, 0) is 42.7 Å². The fraction of sp³-hybridized carbons (Fsp3) is 0.368. The fourth-order valence-corrected chi connectivity index (χ4v) is 2.89. The maximum Gasteiger partial charge on any atom is -0.0104 e. The highest BCUT2D eigenvalue weighted by Crippen LogP contribution is 2.40. The van der Waals surface area contributed by atoms with Crippen molar-refractivity contribution in [1.82, 2.24) is 0 Å². The van der Waals surface area contributed by atoms with Crippen molar-refractivity contribution in [2.75, 3.05) is 0 Å². The second kappa shape index (κ2) is 6.06. The van der Waals surface area contributed by atoms with Gasteiger partial charge in [-0.25, -0.2) is 0 Å². The normalized spacial score (nSPS) is 19.5. The molecule has 0 heterocycles. The van der Waals surface area contributed by atoms with E-state index in [1.807, 2.05) is 6.07 Å². The third-order valence-corrected chi connectivity index (χ3v) is 4.00. The highest BCUT2D eigenvalue weighted by Gasteiger charge is 2.26. The molecule has 0 aromatic heterocycles. The van der Waals surface area contributed by atoms with Gasteiger partial charge in [-0.3, -0.25) is 0 Å². The molecule has 0 saturated carbocycles. The van der Waals surface area contributed by atoms with Crippen LogP contribution in [0.2, 0.25) is 0 Å². The first-order chi connectivity index (χ1) is 9.09. The van der Waals surface area contributed by atoms with E-state index in [0.717, 1.165) is 0 Å². The molecule has 0 bridgehead atoms. The second-order valence-corrected chi connectivity index (χ2v) is 6.06. The number of allylic oxidation sites excluding steroid dienone is 5. The van der Waals surface area contributed by atoms with Gasteiger partial charge in [0.1, 0.15) is 0 Å². The lowest BCUT2D eigenvalue weighted by atomic mass is 9.73. The van der Waals surface area contributed by atoms with Crippen LogP contribution in [0.4, 0.5) is 0 Å². The first-order valence-corrected chi connectivity index (χ1v) is 7.20. The molecule has 0 fully saturated rings. The SMILES string of the molecule is CC1=C(/C=C/C=C/c2ccccc2)C(C)(C)CCC1. The molecule has 0 aliphatic heterocycles. The minimum atomic E-state index is 0.333. The molecule has 0 heteroatoms. The Morgan fingerprint density at radius 1 is 1.00 bits per heavy atom. The molecule has 0 amide bonds. The predicted molar refractivity (Wildman–Crippen MR) is 84.9 cm³/mol. The summed E-state index contributed by atoms with van der Waals surface area (Å²) in [6.07, 6.45) is 12.7. The van der Waals surface area contributed by atoms with Crippen LogP contribution in [0.25, 0.3) is 6.08 Å². The molecule has 100 valence electrons. The second-order valence-electron chi connectivity index (χ2n) is 6.06. The standard InChI is InChI=1S/C19H24/c1-16-10-9-15-19(2,3)18(16)14-8-7-13-17-11-5-4-6-12-17/h4-8,11-14H,9-10,15H2,1-3H3/b13-7+,14-8+. The van der Waals surface area contributed by atoms with Gasteiger partial charge in [0.05, 0.1) is 0 Å². The summed E-state index contributed by atoms with van der Waals surface area (Å²) < 4.78 is 0. The molecule has 1 aliphatic rings. The first kappa shape index (κ1) is 13.9. The molecule has 0 radical (unpaired) electrons. The van der Waals surface area contributed by atoms with Crippen LogP contribution in [0.1, 0.15) is 45.6 Å². The van der Waals surface area contributed by atoms with Gasteiger partial charge in [0, 0.05) is 0 Å². The molecule has 0 saturated heterocycles. The Morgan fingerprint density at radius 3 is 2.37 bits per heavy atom. The quantitative estimate of drug-likeness (QED) is 0.598. The van der Waals surface area contributed by atoms with Crippen molar-refractivity contribution >= 4 is 6.08 Å². The van der Waals surface area contributed by atoms with Gasteiger partial charge < -0.3 is 0 Å². The van der Waals surface area contributed by atoms with Crippen LogP contribution in [0.15, 0.2) is 59.7 Å². The Morgan fingerprint density at radius 2 is 1.68 bits per heavy atom. The summed E-state index contributed by atoms with van der Waals surface area (Å²) in [5.41, 5.74) is 4.66. The number of hydrogen-bond acceptors (Lipinski definition) is 0. The summed E-state index contributed by atoms with van der Waals surface area (Å²) in [6, 6.07) is 10.4. The van der Waals surface area contributed by atoms with E-state index in [1.54, 1.807) is 5.57 Å². The van der Waals surface area contributed by atoms with Crippen molar-refractivity contribution in [2.24, 2.45) is 5.41 Å². The van der Waals surface area contributed by atoms with Crippen LogP contribution in [-0.4, -0.2) is 0 Å². The average Bonchev–Trinajstić information content (AvgIpc) is 2.38. The molecule has 0 N–H and O–H groups in total. The summed E-state index contributed by atoms with van der Waals surface area (Å²) in [5, 5.41) is 0. The minimum Gasteiger partial charge on any atom is -0.0696 e. The topological polar surface area (TPSA) is 0 Å². The third kappa shape index (κ3) is 3.70. The fourth-order valence-electron chi connectivity index (χ4n) is 2.89. The van der Waals surface area contributed by atoms with Crippen LogP contribution in [-0.2, 0) is 0 Å². The lowest BCUT2D eigenvalue weighted by molar-refractivity contribution is 0.377. The Labute approximate surface area is 117 Å². The average molecular weight is 252 g/mol. The smallest absolute Gasteiger partial charge is 0.0104 e. The molecule has 19 heavy (non-hydrogen) atoms. The maximum atomic E-state index is 2.36. The maximum absolute atomic E-state index is 2.36. The van der Waals surface area contributed by atoms with Crippen molar-refractivity contribution in [2.45, 2.75) is 40.0 Å². The van der Waals surface area contributed by atoms with E-state index < -0.39 is 0 Å². The lowest BCUT2D eigenvalue weighted by Gasteiger charge is -2.32. The number of hydrogen-bond donors (Lipinski definition) is 0. The molecular weight excluding hydrogens is 228 g/mol. The molecule has 1 aliphatic carbocycles. The van der Waals surface area contributed by atoms with Gasteiger partial charge in [0.2, 0.25) is 0 Å². The van der Waals surface area contributed by atoms with Gasteiger partial charge in [0.15, 0.2) is 0 Å². The highest BCUT2D eigenvalue weighted by atomic mass is 14.3. The summed E-state index contributed by atoms with van der Waals surface area (Å²) in [7, 11) is 0. The molecule has 0 atom stereocenters. The number of rotatable bonds is 3. The number of benzene rings is 1. The van der Waals surface area contributed by atoms with Gasteiger partial charge in [0.25, 0.3) is 0 Å². The van der Waals surface area contributed by atoms with Gasteiger partial charge >= 0.3 is 0 Å². The van der Waals surface area contributed by atoms with Crippen molar-refractivity contribution in [3.8, 4) is 0 Å². The summed E-state index contributed by atoms with van der Waals surface area (Å²) in [4.78, 5) is 0. The largest absolute Gasteiger partial charge is 0.0696 e. The van der Waals surface area contributed by atoms with E-state index in [4.69, 9.17) is 0 Å². The molecule has 1 aromatic rings. The van der Waals surface area contributed by atoms with Crippen molar-refractivity contribution in [3.63, 3.8) is 0 Å². The predicted octanol–water partition coefficient (Wildman–Crippen LogP) is 5.78. The molecule has 0 unspecified atom stereocenters. The van der Waals surface area contributed by atoms with E-state index >= 15 is 0 Å². The van der Waals surface area contributed by atoms with Crippen LogP contribution in [0.5, 0.6) is 0 Å². The van der Waals surface area contributed by atoms with E-state index in [-0.39, 0.29) is 0 Å². The van der Waals surface area contributed by atoms with Crippen molar-refractivity contribution in [3.05, 3.63) is 65.3 Å². The zero-order valence-corrected chi connectivity index (χ0v) is 12.3. The minimum absolute atomic E-state index is 0.333. The summed E-state index contributed by atoms with van der Waals surface area (Å²) in [5.74, 6) is 0. The van der Waals surface area contributed by atoms with Crippen LogP contribution >= 0.6 is 0 Å². The Kier molecular flexibility index (Phi) is 4.42. The van der Waals surface area contributed by atoms with Crippen molar-refractivity contribution < 1.29 is 0 Å². The van der Waals surface area contributed by atoms with Crippen LogP contribution in [0, 0.1) is 5.41 Å². The van der Waals surface area contributed by atoms with E-state index in [1.165, 1.54) is 30.4 Å². The zero-order valence-electron chi connectivity index (χ0n) is 12.3. The summed E-state index contributed by atoms with van der Waals surface area (Å²) >= 11 is 0. The van der Waals surface area contributed by atoms with E-state index in [0.29, 0.717) is 5.41 Å².